The van der Waals surface area contributed by atoms with E-state index in [2.05, 4.69) is 43.7 Å². The number of carbonyl (C=O) groups is 2. The van der Waals surface area contributed by atoms with Gasteiger partial charge < -0.3 is 9.88 Å². The number of hydrogen-bond acceptors (Lipinski definition) is 6. The minimum atomic E-state index is -0.284. The average Bonchev–Trinajstić information content (AvgIpc) is 3.14. The summed E-state index contributed by atoms with van der Waals surface area (Å²) in [5.41, 5.74) is 2.51. The van der Waals surface area contributed by atoms with Crippen LogP contribution in [0.2, 0.25) is 0 Å². The molecule has 1 amide bonds. The van der Waals surface area contributed by atoms with Crippen molar-refractivity contribution in [3.8, 4) is 0 Å². The highest BCUT2D eigenvalue weighted by Gasteiger charge is 2.19. The quantitative estimate of drug-likeness (QED) is 0.499. The Bertz CT molecular complexity index is 1220. The molecule has 0 atom stereocenters. The molecule has 0 bridgehead atoms. The van der Waals surface area contributed by atoms with Crippen LogP contribution in [0, 0.1) is 0 Å². The van der Waals surface area contributed by atoms with Crippen molar-refractivity contribution in [1.82, 2.24) is 24.5 Å². The molecule has 0 fully saturated rings. The van der Waals surface area contributed by atoms with Gasteiger partial charge in [-0.15, -0.1) is 0 Å². The van der Waals surface area contributed by atoms with Crippen molar-refractivity contribution in [2.75, 3.05) is 5.32 Å². The Balaban J connectivity index is 1.59. The summed E-state index contributed by atoms with van der Waals surface area (Å²) in [6, 6.07) is 5.31. The second kappa shape index (κ2) is 8.20. The summed E-state index contributed by atoms with van der Waals surface area (Å²) in [5.74, 6) is -0.132. The van der Waals surface area contributed by atoms with E-state index in [1.165, 1.54) is 18.6 Å². The number of pyridine rings is 2. The van der Waals surface area contributed by atoms with Crippen LogP contribution in [0.5, 0.6) is 0 Å². The molecule has 8 heteroatoms. The molecule has 4 heterocycles. The average molecular weight is 400 g/mol. The van der Waals surface area contributed by atoms with Crippen LogP contribution in [0.1, 0.15) is 41.5 Å². The Kier molecular flexibility index (Phi) is 5.30. The lowest BCUT2D eigenvalue weighted by atomic mass is 10.0. The number of fused-ring (bicyclic) bond motifs is 1. The molecule has 0 aliphatic carbocycles. The van der Waals surface area contributed by atoms with Gasteiger partial charge in [0.05, 0.1) is 17.6 Å². The van der Waals surface area contributed by atoms with Crippen molar-refractivity contribution in [3.05, 3.63) is 78.4 Å². The van der Waals surface area contributed by atoms with Gasteiger partial charge in [0.15, 0.2) is 5.78 Å². The fourth-order valence-corrected chi connectivity index (χ4v) is 3.27. The van der Waals surface area contributed by atoms with Crippen LogP contribution in [0.15, 0.2) is 61.6 Å². The number of anilines is 1. The molecule has 8 nitrogen and oxygen atoms in total. The second-order valence-corrected chi connectivity index (χ2v) is 7.12. The number of carbonyl (C=O) groups excluding carboxylic acids is 2. The van der Waals surface area contributed by atoms with Crippen LogP contribution >= 0.6 is 0 Å². The van der Waals surface area contributed by atoms with E-state index in [0.29, 0.717) is 22.6 Å². The fraction of sp³-hybridized carbons (Fsp3) is 0.182. The largest absolute Gasteiger partial charge is 0.344 e. The van der Waals surface area contributed by atoms with Gasteiger partial charge in [-0.05, 0) is 32.0 Å². The molecule has 0 saturated carbocycles. The van der Waals surface area contributed by atoms with E-state index < -0.39 is 0 Å². The summed E-state index contributed by atoms with van der Waals surface area (Å²) in [6.07, 6.45) is 11.5. The molecule has 0 unspecified atom stereocenters. The Labute approximate surface area is 173 Å². The molecule has 0 saturated heterocycles. The third-order valence-corrected chi connectivity index (χ3v) is 4.68. The lowest BCUT2D eigenvalue weighted by molar-refractivity contribution is -0.115. The topological polar surface area (TPSA) is 103 Å². The van der Waals surface area contributed by atoms with Crippen molar-refractivity contribution >= 4 is 28.4 Å². The third kappa shape index (κ3) is 3.93. The van der Waals surface area contributed by atoms with Gasteiger partial charge in [-0.25, -0.2) is 4.98 Å². The van der Waals surface area contributed by atoms with E-state index in [0.717, 1.165) is 10.9 Å². The Hall–Kier alpha value is -3.94. The number of nitrogens with zero attached hydrogens (tertiary/aromatic N) is 5. The molecule has 0 aliphatic heterocycles. The molecule has 4 aromatic heterocycles. The van der Waals surface area contributed by atoms with Gasteiger partial charge in [-0.1, -0.05) is 0 Å². The van der Waals surface area contributed by atoms with Gasteiger partial charge in [0.25, 0.3) is 0 Å². The van der Waals surface area contributed by atoms with Crippen LogP contribution in [0.25, 0.3) is 10.9 Å². The number of hydrogen-bond donors (Lipinski definition) is 1. The van der Waals surface area contributed by atoms with Crippen molar-refractivity contribution in [2.24, 2.45) is 0 Å². The van der Waals surface area contributed by atoms with Crippen LogP contribution in [-0.4, -0.2) is 36.2 Å². The Morgan fingerprint density at radius 2 is 1.87 bits per heavy atom. The second-order valence-electron chi connectivity index (χ2n) is 7.12. The number of ketones is 1. The zero-order valence-corrected chi connectivity index (χ0v) is 16.6. The summed E-state index contributed by atoms with van der Waals surface area (Å²) in [7, 11) is 0. The number of aromatic nitrogens is 5. The predicted molar refractivity (Wildman–Crippen MR) is 112 cm³/mol. The smallest absolute Gasteiger partial charge is 0.231 e. The molecule has 0 aromatic carbocycles. The predicted octanol–water partition coefficient (Wildman–Crippen LogP) is 3.21. The van der Waals surface area contributed by atoms with Crippen molar-refractivity contribution in [2.45, 2.75) is 26.3 Å². The summed E-state index contributed by atoms with van der Waals surface area (Å²) >= 11 is 0. The Morgan fingerprint density at radius 3 is 2.63 bits per heavy atom. The first-order chi connectivity index (χ1) is 14.5. The van der Waals surface area contributed by atoms with Gasteiger partial charge in [-0.2, -0.15) is 0 Å². The minimum Gasteiger partial charge on any atom is -0.344 e. The van der Waals surface area contributed by atoms with Gasteiger partial charge in [0, 0.05) is 65.9 Å². The summed E-state index contributed by atoms with van der Waals surface area (Å²) in [4.78, 5) is 41.9. The maximum absolute atomic E-state index is 13.2. The molecule has 30 heavy (non-hydrogen) atoms. The van der Waals surface area contributed by atoms with E-state index in [1.807, 2.05) is 12.3 Å². The number of rotatable bonds is 6. The maximum Gasteiger partial charge on any atom is 0.231 e. The maximum atomic E-state index is 13.2. The number of amides is 1. The lowest BCUT2D eigenvalue weighted by Crippen LogP contribution is -2.16. The SMILES string of the molecule is CC(C)n1cc(C(=O)c2ccnc(NC(=O)Cc3cnccn3)c2)c2cnccc21. The van der Waals surface area contributed by atoms with E-state index in [9.17, 15) is 9.59 Å². The van der Waals surface area contributed by atoms with Gasteiger partial charge in [-0.3, -0.25) is 24.5 Å². The number of nitrogens with one attached hydrogen (secondary N) is 1. The van der Waals surface area contributed by atoms with E-state index in [4.69, 9.17) is 0 Å². The van der Waals surface area contributed by atoms with Crippen molar-refractivity contribution in [1.29, 1.82) is 0 Å². The summed E-state index contributed by atoms with van der Waals surface area (Å²) < 4.78 is 2.05. The first kappa shape index (κ1) is 19.4. The molecule has 0 radical (unpaired) electrons. The molecule has 4 rings (SSSR count). The monoisotopic (exact) mass is 400 g/mol. The Morgan fingerprint density at radius 1 is 1.03 bits per heavy atom. The molecule has 0 spiro atoms. The highest BCUT2D eigenvalue weighted by Crippen LogP contribution is 2.26. The lowest BCUT2D eigenvalue weighted by Gasteiger charge is -2.08. The van der Waals surface area contributed by atoms with Crippen LogP contribution in [0.3, 0.4) is 0 Å². The van der Waals surface area contributed by atoms with Gasteiger partial charge in [0.2, 0.25) is 5.91 Å². The molecule has 1 N–H and O–H groups in total. The standard InChI is InChI=1S/C22H20N6O2/c1-14(2)28-13-18(17-12-23-5-4-19(17)28)22(30)15-3-6-26-20(9-15)27-21(29)10-16-11-24-7-8-25-16/h3-9,11-14H,10H2,1-2H3,(H,26,27,29). The molecule has 4 aromatic rings. The minimum absolute atomic E-state index is 0.0707. The van der Waals surface area contributed by atoms with Gasteiger partial charge in [0.1, 0.15) is 5.82 Å². The summed E-state index contributed by atoms with van der Waals surface area (Å²) in [5, 5.41) is 3.50. The molecule has 150 valence electrons. The van der Waals surface area contributed by atoms with Crippen molar-refractivity contribution < 1.29 is 9.59 Å². The molecular weight excluding hydrogens is 380 g/mol. The van der Waals surface area contributed by atoms with Crippen LogP contribution in [0.4, 0.5) is 5.82 Å². The highest BCUT2D eigenvalue weighted by atomic mass is 16.1. The first-order valence-corrected chi connectivity index (χ1v) is 9.53. The zero-order chi connectivity index (χ0) is 21.1. The molecule has 0 aliphatic rings. The van der Waals surface area contributed by atoms with Crippen LogP contribution in [-0.2, 0) is 11.2 Å². The van der Waals surface area contributed by atoms with Crippen LogP contribution < -0.4 is 5.32 Å². The normalized spacial score (nSPS) is 11.0. The molecular formula is C22H20N6O2. The zero-order valence-electron chi connectivity index (χ0n) is 16.6. The fourth-order valence-electron chi connectivity index (χ4n) is 3.27. The third-order valence-electron chi connectivity index (χ3n) is 4.68. The van der Waals surface area contributed by atoms with E-state index in [-0.39, 0.29) is 24.2 Å². The first-order valence-electron chi connectivity index (χ1n) is 9.53. The van der Waals surface area contributed by atoms with Crippen molar-refractivity contribution in [3.63, 3.8) is 0 Å². The van der Waals surface area contributed by atoms with E-state index >= 15 is 0 Å². The van der Waals surface area contributed by atoms with Gasteiger partial charge >= 0.3 is 0 Å². The summed E-state index contributed by atoms with van der Waals surface area (Å²) in [6.45, 7) is 4.12. The van der Waals surface area contributed by atoms with E-state index in [1.54, 1.807) is 30.7 Å². The highest BCUT2D eigenvalue weighted by molar-refractivity contribution is 6.16.